The quantitative estimate of drug-likeness (QED) is 0.677. The zero-order valence-corrected chi connectivity index (χ0v) is 11.4. The van der Waals surface area contributed by atoms with E-state index in [0.29, 0.717) is 24.8 Å². The molecule has 2 N–H and O–H groups in total. The monoisotopic (exact) mass is 276 g/mol. The smallest absolute Gasteiger partial charge is 0.327 e. The second kappa shape index (κ2) is 8.20. The Bertz CT molecular complexity index is 288. The SMILES string of the molecule is CCCOCCCNC(=O)N1CSC[C@H]1C(=O)O. The molecule has 1 saturated heterocycles. The molecule has 0 bridgehead atoms. The summed E-state index contributed by atoms with van der Waals surface area (Å²) in [5, 5.41) is 11.7. The summed E-state index contributed by atoms with van der Waals surface area (Å²) in [6.07, 6.45) is 1.72. The van der Waals surface area contributed by atoms with E-state index in [9.17, 15) is 9.59 Å². The number of amides is 2. The molecule has 6 nitrogen and oxygen atoms in total. The highest BCUT2D eigenvalue weighted by Crippen LogP contribution is 2.20. The number of thioether (sulfide) groups is 1. The fourth-order valence-electron chi connectivity index (χ4n) is 1.56. The fourth-order valence-corrected chi connectivity index (χ4v) is 2.71. The maximum atomic E-state index is 11.7. The number of aliphatic carboxylic acids is 1. The van der Waals surface area contributed by atoms with E-state index >= 15 is 0 Å². The molecule has 7 heteroatoms. The lowest BCUT2D eigenvalue weighted by atomic mass is 10.3. The molecule has 1 aliphatic rings. The molecule has 1 rings (SSSR count). The van der Waals surface area contributed by atoms with Gasteiger partial charge in [-0.05, 0) is 12.8 Å². The number of carbonyl (C=O) groups is 2. The lowest BCUT2D eigenvalue weighted by Gasteiger charge is -2.20. The first-order valence-electron chi connectivity index (χ1n) is 6.09. The molecule has 0 saturated carbocycles. The third-order valence-electron chi connectivity index (χ3n) is 2.52. The third-order valence-corrected chi connectivity index (χ3v) is 3.53. The molecule has 0 aromatic rings. The Hall–Kier alpha value is -0.950. The second-order valence-corrected chi connectivity index (χ2v) is 5.02. The maximum absolute atomic E-state index is 11.7. The van der Waals surface area contributed by atoms with Crippen LogP contribution < -0.4 is 5.32 Å². The van der Waals surface area contributed by atoms with Crippen LogP contribution in [-0.2, 0) is 9.53 Å². The number of hydrogen-bond acceptors (Lipinski definition) is 4. The van der Waals surface area contributed by atoms with E-state index in [1.54, 1.807) is 0 Å². The summed E-state index contributed by atoms with van der Waals surface area (Å²) >= 11 is 1.46. The van der Waals surface area contributed by atoms with Crippen LogP contribution in [0.4, 0.5) is 4.79 Å². The normalized spacial score (nSPS) is 18.9. The van der Waals surface area contributed by atoms with Gasteiger partial charge in [0, 0.05) is 25.5 Å². The summed E-state index contributed by atoms with van der Waals surface area (Å²) < 4.78 is 5.29. The molecule has 1 fully saturated rings. The second-order valence-electron chi connectivity index (χ2n) is 4.02. The number of carbonyl (C=O) groups excluding carboxylic acids is 1. The van der Waals surface area contributed by atoms with E-state index in [2.05, 4.69) is 5.32 Å². The lowest BCUT2D eigenvalue weighted by Crippen LogP contribution is -2.47. The van der Waals surface area contributed by atoms with Gasteiger partial charge in [0.25, 0.3) is 0 Å². The third kappa shape index (κ3) is 4.73. The van der Waals surface area contributed by atoms with Gasteiger partial charge in [0.15, 0.2) is 0 Å². The molecule has 0 unspecified atom stereocenters. The van der Waals surface area contributed by atoms with Crippen LogP contribution >= 0.6 is 11.8 Å². The van der Waals surface area contributed by atoms with Crippen molar-refractivity contribution in [2.45, 2.75) is 25.8 Å². The fraction of sp³-hybridized carbons (Fsp3) is 0.818. The Kier molecular flexibility index (Phi) is 6.89. The van der Waals surface area contributed by atoms with E-state index in [4.69, 9.17) is 9.84 Å². The highest BCUT2D eigenvalue weighted by Gasteiger charge is 2.34. The van der Waals surface area contributed by atoms with Gasteiger partial charge in [-0.15, -0.1) is 11.8 Å². The number of urea groups is 1. The van der Waals surface area contributed by atoms with E-state index in [1.165, 1.54) is 16.7 Å². The first kappa shape index (κ1) is 15.1. The Balaban J connectivity index is 2.18. The Morgan fingerprint density at radius 3 is 2.94 bits per heavy atom. The topological polar surface area (TPSA) is 78.9 Å². The first-order chi connectivity index (χ1) is 8.66. The summed E-state index contributed by atoms with van der Waals surface area (Å²) in [5.41, 5.74) is 0. The van der Waals surface area contributed by atoms with Gasteiger partial charge >= 0.3 is 12.0 Å². The van der Waals surface area contributed by atoms with Gasteiger partial charge < -0.3 is 20.1 Å². The van der Waals surface area contributed by atoms with Crippen molar-refractivity contribution in [2.75, 3.05) is 31.4 Å². The van der Waals surface area contributed by atoms with Crippen LogP contribution in [-0.4, -0.2) is 59.4 Å². The molecule has 0 aliphatic carbocycles. The van der Waals surface area contributed by atoms with E-state index in [0.717, 1.165) is 19.4 Å². The Morgan fingerprint density at radius 2 is 2.28 bits per heavy atom. The molecule has 0 aromatic heterocycles. The molecular weight excluding hydrogens is 256 g/mol. The molecule has 0 spiro atoms. The standard InChI is InChI=1S/C11H20N2O4S/c1-2-5-17-6-3-4-12-11(16)13-8-18-7-9(13)10(14)15/h9H,2-8H2,1H3,(H,12,16)(H,14,15)/t9-/m0/s1. The summed E-state index contributed by atoms with van der Waals surface area (Å²) in [7, 11) is 0. The van der Waals surface area contributed by atoms with Gasteiger partial charge in [-0.25, -0.2) is 9.59 Å². The molecule has 1 aliphatic heterocycles. The average molecular weight is 276 g/mol. The average Bonchev–Trinajstić information content (AvgIpc) is 2.82. The van der Waals surface area contributed by atoms with E-state index < -0.39 is 12.0 Å². The van der Waals surface area contributed by atoms with Crippen molar-refractivity contribution < 1.29 is 19.4 Å². The van der Waals surface area contributed by atoms with Crippen molar-refractivity contribution in [3.63, 3.8) is 0 Å². The number of carboxylic acid groups (broad SMARTS) is 1. The van der Waals surface area contributed by atoms with Crippen molar-refractivity contribution >= 4 is 23.8 Å². The maximum Gasteiger partial charge on any atom is 0.327 e. The lowest BCUT2D eigenvalue weighted by molar-refractivity contribution is -0.140. The number of nitrogens with zero attached hydrogens (tertiary/aromatic N) is 1. The molecule has 0 aromatic carbocycles. The van der Waals surface area contributed by atoms with E-state index in [-0.39, 0.29) is 6.03 Å². The summed E-state index contributed by atoms with van der Waals surface area (Å²) in [5.74, 6) is -0.0428. The van der Waals surface area contributed by atoms with Crippen molar-refractivity contribution in [3.8, 4) is 0 Å². The van der Waals surface area contributed by atoms with Crippen LogP contribution in [0.5, 0.6) is 0 Å². The zero-order valence-electron chi connectivity index (χ0n) is 10.6. The van der Waals surface area contributed by atoms with Gasteiger partial charge in [-0.2, -0.15) is 0 Å². The summed E-state index contributed by atoms with van der Waals surface area (Å²) in [6, 6.07) is -1.01. The minimum absolute atomic E-state index is 0.303. The van der Waals surface area contributed by atoms with Crippen LogP contribution in [0.3, 0.4) is 0 Å². The molecule has 1 atom stereocenters. The molecule has 0 radical (unpaired) electrons. The highest BCUT2D eigenvalue weighted by molar-refractivity contribution is 7.99. The summed E-state index contributed by atoms with van der Waals surface area (Å²) in [6.45, 7) is 3.90. The van der Waals surface area contributed by atoms with E-state index in [1.807, 2.05) is 6.92 Å². The molecule has 18 heavy (non-hydrogen) atoms. The molecular formula is C11H20N2O4S. The number of nitrogens with one attached hydrogen (secondary N) is 1. The zero-order chi connectivity index (χ0) is 13.4. The number of rotatable bonds is 7. The van der Waals surface area contributed by atoms with Crippen LogP contribution in [0.1, 0.15) is 19.8 Å². The molecule has 2 amide bonds. The Labute approximate surface area is 111 Å². The van der Waals surface area contributed by atoms with Crippen molar-refractivity contribution in [1.82, 2.24) is 10.2 Å². The van der Waals surface area contributed by atoms with Crippen molar-refractivity contribution in [3.05, 3.63) is 0 Å². The van der Waals surface area contributed by atoms with Crippen molar-refractivity contribution in [2.24, 2.45) is 0 Å². The molecule has 104 valence electrons. The number of ether oxygens (including phenoxy) is 1. The van der Waals surface area contributed by atoms with Gasteiger partial charge in [0.2, 0.25) is 0 Å². The van der Waals surface area contributed by atoms with Gasteiger partial charge in [-0.3, -0.25) is 0 Å². The summed E-state index contributed by atoms with van der Waals surface area (Å²) in [4.78, 5) is 24.0. The molecule has 1 heterocycles. The predicted molar refractivity (Wildman–Crippen MR) is 69.7 cm³/mol. The van der Waals surface area contributed by atoms with Crippen molar-refractivity contribution in [1.29, 1.82) is 0 Å². The first-order valence-corrected chi connectivity index (χ1v) is 7.25. The number of hydrogen-bond donors (Lipinski definition) is 2. The highest BCUT2D eigenvalue weighted by atomic mass is 32.2. The van der Waals surface area contributed by atoms with Crippen LogP contribution in [0, 0.1) is 0 Å². The van der Waals surface area contributed by atoms with Crippen LogP contribution in [0.25, 0.3) is 0 Å². The van der Waals surface area contributed by atoms with Crippen LogP contribution in [0.2, 0.25) is 0 Å². The largest absolute Gasteiger partial charge is 0.480 e. The minimum atomic E-state index is -0.943. The number of carboxylic acids is 1. The minimum Gasteiger partial charge on any atom is -0.480 e. The van der Waals surface area contributed by atoms with Gasteiger partial charge in [-0.1, -0.05) is 6.92 Å². The predicted octanol–water partition coefficient (Wildman–Crippen LogP) is 0.972. The van der Waals surface area contributed by atoms with Crippen LogP contribution in [0.15, 0.2) is 0 Å². The van der Waals surface area contributed by atoms with Gasteiger partial charge in [0.1, 0.15) is 6.04 Å². The Morgan fingerprint density at radius 1 is 1.50 bits per heavy atom. The van der Waals surface area contributed by atoms with Gasteiger partial charge in [0.05, 0.1) is 5.88 Å².